The van der Waals surface area contributed by atoms with Crippen molar-refractivity contribution in [2.24, 2.45) is 0 Å². The highest BCUT2D eigenvalue weighted by Gasteiger charge is 2.12. The molecule has 0 saturated carbocycles. The molecule has 0 radical (unpaired) electrons. The number of fused-ring (bicyclic) bond motifs is 2. The third-order valence-electron chi connectivity index (χ3n) is 5.34. The molecule has 0 saturated heterocycles. The number of furan rings is 1. The molecule has 31 heavy (non-hydrogen) atoms. The van der Waals surface area contributed by atoms with Crippen LogP contribution in [0.5, 0.6) is 5.75 Å². The molecule has 5 heteroatoms. The molecule has 0 aliphatic heterocycles. The maximum Gasteiger partial charge on any atom is 0.287 e. The van der Waals surface area contributed by atoms with Gasteiger partial charge >= 0.3 is 0 Å². The first-order chi connectivity index (χ1) is 15.3. The van der Waals surface area contributed by atoms with E-state index in [0.717, 1.165) is 23.1 Å². The monoisotopic (exact) mass is 410 g/mol. The fourth-order valence-electron chi connectivity index (χ4n) is 3.73. The van der Waals surface area contributed by atoms with Crippen molar-refractivity contribution in [3.8, 4) is 5.75 Å². The van der Waals surface area contributed by atoms with Gasteiger partial charge in [-0.05, 0) is 53.1 Å². The van der Waals surface area contributed by atoms with Crippen LogP contribution < -0.4 is 10.1 Å². The zero-order valence-electron chi connectivity index (χ0n) is 16.9. The zero-order chi connectivity index (χ0) is 21.0. The molecule has 2 N–H and O–H groups in total. The molecular formula is C26H22N2O3. The Morgan fingerprint density at radius 2 is 1.77 bits per heavy atom. The number of hydrogen-bond donors (Lipinski definition) is 2. The topological polar surface area (TPSA) is 67.3 Å². The van der Waals surface area contributed by atoms with Crippen LogP contribution in [0.15, 0.2) is 89.5 Å². The van der Waals surface area contributed by atoms with Gasteiger partial charge in [0.2, 0.25) is 0 Å². The van der Waals surface area contributed by atoms with E-state index in [-0.39, 0.29) is 18.3 Å². The van der Waals surface area contributed by atoms with Crippen LogP contribution in [0.3, 0.4) is 0 Å². The van der Waals surface area contributed by atoms with Crippen molar-refractivity contribution in [2.75, 3.05) is 6.54 Å². The number of ether oxygens (including phenoxy) is 1. The van der Waals surface area contributed by atoms with E-state index < -0.39 is 0 Å². The SMILES string of the molecule is O=C(NCCc1c[nH]c2ccccc12)c1ccc(COc2ccc3ccccc3c2)o1. The van der Waals surface area contributed by atoms with Crippen molar-refractivity contribution in [2.45, 2.75) is 13.0 Å². The van der Waals surface area contributed by atoms with Gasteiger partial charge in [-0.2, -0.15) is 0 Å². The molecule has 3 aromatic carbocycles. The second-order valence-corrected chi connectivity index (χ2v) is 7.43. The molecule has 1 amide bonds. The second kappa shape index (κ2) is 8.40. The Bertz CT molecular complexity index is 1350. The molecule has 0 unspecified atom stereocenters. The van der Waals surface area contributed by atoms with Crippen LogP contribution in [0, 0.1) is 0 Å². The lowest BCUT2D eigenvalue weighted by molar-refractivity contribution is 0.0922. The molecule has 0 atom stereocenters. The minimum absolute atomic E-state index is 0.225. The Labute approximate surface area is 179 Å². The summed E-state index contributed by atoms with van der Waals surface area (Å²) in [6.07, 6.45) is 2.74. The summed E-state index contributed by atoms with van der Waals surface area (Å²) in [5.74, 6) is 1.43. The lowest BCUT2D eigenvalue weighted by Gasteiger charge is -2.06. The molecule has 2 aromatic heterocycles. The quantitative estimate of drug-likeness (QED) is 0.374. The summed E-state index contributed by atoms with van der Waals surface area (Å²) in [4.78, 5) is 15.7. The third-order valence-corrected chi connectivity index (χ3v) is 5.34. The number of aromatic nitrogens is 1. The Kier molecular flexibility index (Phi) is 5.15. The highest BCUT2D eigenvalue weighted by atomic mass is 16.5. The average Bonchev–Trinajstić information content (AvgIpc) is 3.45. The number of nitrogens with one attached hydrogen (secondary N) is 2. The first-order valence-electron chi connectivity index (χ1n) is 10.3. The summed E-state index contributed by atoms with van der Waals surface area (Å²) in [5.41, 5.74) is 2.28. The minimum atomic E-state index is -0.225. The second-order valence-electron chi connectivity index (χ2n) is 7.43. The predicted octanol–water partition coefficient (Wildman–Crippen LogP) is 5.47. The van der Waals surface area contributed by atoms with Crippen LogP contribution in [0.25, 0.3) is 21.7 Å². The standard InChI is InChI=1S/C26H22N2O3/c29-26(27-14-13-20-16-28-24-8-4-3-7-23(20)24)25-12-11-22(31-25)17-30-21-10-9-18-5-1-2-6-19(18)15-21/h1-12,15-16,28H,13-14,17H2,(H,27,29). The molecule has 5 nitrogen and oxygen atoms in total. The van der Waals surface area contributed by atoms with Gasteiger partial charge < -0.3 is 19.5 Å². The first kappa shape index (κ1) is 19.0. The summed E-state index contributed by atoms with van der Waals surface area (Å²) >= 11 is 0. The summed E-state index contributed by atoms with van der Waals surface area (Å²) in [6, 6.07) is 25.7. The van der Waals surface area contributed by atoms with Crippen LogP contribution in [0.2, 0.25) is 0 Å². The van der Waals surface area contributed by atoms with E-state index in [1.807, 2.05) is 60.8 Å². The van der Waals surface area contributed by atoms with E-state index in [0.29, 0.717) is 12.3 Å². The number of benzene rings is 3. The number of para-hydroxylation sites is 1. The Morgan fingerprint density at radius 1 is 0.935 bits per heavy atom. The molecule has 0 aliphatic carbocycles. The molecule has 0 spiro atoms. The van der Waals surface area contributed by atoms with E-state index >= 15 is 0 Å². The molecule has 2 heterocycles. The van der Waals surface area contributed by atoms with Crippen LogP contribution in [-0.2, 0) is 13.0 Å². The number of amides is 1. The van der Waals surface area contributed by atoms with Crippen molar-refractivity contribution >= 4 is 27.6 Å². The van der Waals surface area contributed by atoms with Crippen LogP contribution in [0.4, 0.5) is 0 Å². The Morgan fingerprint density at radius 3 is 2.71 bits per heavy atom. The van der Waals surface area contributed by atoms with Crippen LogP contribution in [-0.4, -0.2) is 17.4 Å². The van der Waals surface area contributed by atoms with Crippen molar-refractivity contribution in [1.82, 2.24) is 10.3 Å². The molecule has 5 rings (SSSR count). The number of rotatable bonds is 7. The average molecular weight is 410 g/mol. The molecule has 0 fully saturated rings. The molecule has 154 valence electrons. The largest absolute Gasteiger partial charge is 0.486 e. The number of carbonyl (C=O) groups is 1. The lowest BCUT2D eigenvalue weighted by Crippen LogP contribution is -2.25. The van der Waals surface area contributed by atoms with Gasteiger partial charge in [-0.1, -0.05) is 48.5 Å². The molecule has 0 aliphatic rings. The minimum Gasteiger partial charge on any atom is -0.486 e. The van der Waals surface area contributed by atoms with Gasteiger partial charge in [0.1, 0.15) is 18.1 Å². The maximum absolute atomic E-state index is 12.4. The summed E-state index contributed by atoms with van der Waals surface area (Å²) in [6.45, 7) is 0.797. The summed E-state index contributed by atoms with van der Waals surface area (Å²) < 4.78 is 11.5. The van der Waals surface area contributed by atoms with Gasteiger partial charge in [0, 0.05) is 23.6 Å². The normalized spacial score (nSPS) is 11.1. The molecular weight excluding hydrogens is 388 g/mol. The number of aromatic amines is 1. The highest BCUT2D eigenvalue weighted by Crippen LogP contribution is 2.22. The van der Waals surface area contributed by atoms with Crippen molar-refractivity contribution in [3.63, 3.8) is 0 Å². The molecule has 5 aromatic rings. The summed E-state index contributed by atoms with van der Waals surface area (Å²) in [5, 5.41) is 6.39. The van der Waals surface area contributed by atoms with Gasteiger partial charge in [-0.15, -0.1) is 0 Å². The highest BCUT2D eigenvalue weighted by molar-refractivity contribution is 5.91. The number of carbonyl (C=O) groups excluding carboxylic acids is 1. The van der Waals surface area contributed by atoms with Crippen LogP contribution >= 0.6 is 0 Å². The van der Waals surface area contributed by atoms with Gasteiger partial charge in [-0.25, -0.2) is 0 Å². The fraction of sp³-hybridized carbons (Fsp3) is 0.115. The van der Waals surface area contributed by atoms with E-state index in [2.05, 4.69) is 22.4 Å². The number of hydrogen-bond acceptors (Lipinski definition) is 3. The number of H-pyrrole nitrogens is 1. The van der Waals surface area contributed by atoms with E-state index in [9.17, 15) is 4.79 Å². The smallest absolute Gasteiger partial charge is 0.287 e. The van der Waals surface area contributed by atoms with Crippen molar-refractivity contribution in [1.29, 1.82) is 0 Å². The lowest BCUT2D eigenvalue weighted by atomic mass is 10.1. The van der Waals surface area contributed by atoms with E-state index in [1.165, 1.54) is 16.3 Å². The van der Waals surface area contributed by atoms with Crippen molar-refractivity contribution < 1.29 is 13.9 Å². The zero-order valence-corrected chi connectivity index (χ0v) is 16.9. The molecule has 0 bridgehead atoms. The first-order valence-corrected chi connectivity index (χ1v) is 10.3. The maximum atomic E-state index is 12.4. The Hall–Kier alpha value is -3.99. The van der Waals surface area contributed by atoms with Crippen LogP contribution in [0.1, 0.15) is 21.9 Å². The Balaban J connectivity index is 1.15. The van der Waals surface area contributed by atoms with E-state index in [4.69, 9.17) is 9.15 Å². The van der Waals surface area contributed by atoms with E-state index in [1.54, 1.807) is 12.1 Å². The fourth-order valence-corrected chi connectivity index (χ4v) is 3.73. The van der Waals surface area contributed by atoms with Gasteiger partial charge in [0.05, 0.1) is 0 Å². The van der Waals surface area contributed by atoms with Crippen molar-refractivity contribution in [3.05, 3.63) is 102 Å². The van der Waals surface area contributed by atoms with Gasteiger partial charge in [0.25, 0.3) is 5.91 Å². The van der Waals surface area contributed by atoms with Gasteiger partial charge in [-0.3, -0.25) is 4.79 Å². The summed E-state index contributed by atoms with van der Waals surface area (Å²) in [7, 11) is 0. The third kappa shape index (κ3) is 4.16. The predicted molar refractivity (Wildman–Crippen MR) is 121 cm³/mol. The van der Waals surface area contributed by atoms with Gasteiger partial charge in [0.15, 0.2) is 5.76 Å².